The fourth-order valence-corrected chi connectivity index (χ4v) is 3.21. The first kappa shape index (κ1) is 15.5. The summed E-state index contributed by atoms with van der Waals surface area (Å²) in [6.07, 6.45) is 0. The van der Waals surface area contributed by atoms with E-state index in [2.05, 4.69) is 20.7 Å². The van der Waals surface area contributed by atoms with E-state index in [0.29, 0.717) is 16.8 Å². The Bertz CT molecular complexity index is 521. The molecule has 1 N–H and O–H groups in total. The normalized spacial score (nSPS) is 12.5. The van der Waals surface area contributed by atoms with Crippen LogP contribution in [0.3, 0.4) is 0 Å². The largest absolute Gasteiger partial charge is 0.496 e. The van der Waals surface area contributed by atoms with Crippen molar-refractivity contribution in [1.29, 1.82) is 0 Å². The molecular weight excluding hydrogens is 318 g/mol. The van der Waals surface area contributed by atoms with Crippen molar-refractivity contribution < 1.29 is 13.2 Å². The lowest BCUT2D eigenvalue weighted by Gasteiger charge is -2.19. The first-order valence-corrected chi connectivity index (χ1v) is 7.76. The molecule has 1 aromatic rings. The molecule has 102 valence electrons. The van der Waals surface area contributed by atoms with Crippen LogP contribution in [0.4, 0.5) is 0 Å². The van der Waals surface area contributed by atoms with E-state index in [-0.39, 0.29) is 10.3 Å². The standard InChI is InChI=1S/C12H18BrNO3S/c1-12(2,3)8-14-18(15,16)9-5-6-11(17-4)10(13)7-9/h5-7,14H,8H2,1-4H3. The zero-order valence-corrected chi connectivity index (χ0v) is 13.4. The average Bonchev–Trinajstić information content (AvgIpc) is 2.25. The van der Waals surface area contributed by atoms with Gasteiger partial charge >= 0.3 is 0 Å². The maximum absolute atomic E-state index is 12.1. The molecule has 1 rings (SSSR count). The zero-order valence-electron chi connectivity index (χ0n) is 11.0. The molecule has 0 fully saturated rings. The van der Waals surface area contributed by atoms with Gasteiger partial charge in [0.25, 0.3) is 0 Å². The minimum absolute atomic E-state index is 0.100. The van der Waals surface area contributed by atoms with Gasteiger partial charge in [-0.2, -0.15) is 0 Å². The molecule has 0 aliphatic rings. The highest BCUT2D eigenvalue weighted by Crippen LogP contribution is 2.27. The summed E-state index contributed by atoms with van der Waals surface area (Å²) in [6.45, 7) is 6.30. The molecule has 0 aliphatic heterocycles. The Hall–Kier alpha value is -0.590. The van der Waals surface area contributed by atoms with Crippen molar-refractivity contribution in [1.82, 2.24) is 4.72 Å². The monoisotopic (exact) mass is 335 g/mol. The van der Waals surface area contributed by atoms with E-state index in [4.69, 9.17) is 4.74 Å². The molecule has 0 aromatic heterocycles. The van der Waals surface area contributed by atoms with Crippen LogP contribution in [0.1, 0.15) is 20.8 Å². The number of halogens is 1. The van der Waals surface area contributed by atoms with Gasteiger partial charge in [0.1, 0.15) is 5.75 Å². The van der Waals surface area contributed by atoms with Gasteiger partial charge in [0.2, 0.25) is 10.0 Å². The molecule has 0 saturated carbocycles. The van der Waals surface area contributed by atoms with Gasteiger partial charge in [0.05, 0.1) is 16.5 Å². The molecule has 0 heterocycles. The van der Waals surface area contributed by atoms with Crippen molar-refractivity contribution in [3.8, 4) is 5.75 Å². The Morgan fingerprint density at radius 2 is 1.94 bits per heavy atom. The Morgan fingerprint density at radius 1 is 1.33 bits per heavy atom. The molecule has 0 amide bonds. The molecule has 0 aliphatic carbocycles. The average molecular weight is 336 g/mol. The molecule has 0 unspecified atom stereocenters. The number of benzene rings is 1. The topological polar surface area (TPSA) is 55.4 Å². The van der Waals surface area contributed by atoms with Gasteiger partial charge in [-0.05, 0) is 39.5 Å². The molecule has 0 atom stereocenters. The van der Waals surface area contributed by atoms with Crippen LogP contribution in [0.2, 0.25) is 0 Å². The first-order chi connectivity index (χ1) is 8.15. The summed E-state index contributed by atoms with van der Waals surface area (Å²) >= 11 is 3.27. The van der Waals surface area contributed by atoms with Crippen LogP contribution in [-0.4, -0.2) is 22.1 Å². The van der Waals surface area contributed by atoms with E-state index in [1.54, 1.807) is 6.07 Å². The van der Waals surface area contributed by atoms with Crippen molar-refractivity contribution >= 4 is 26.0 Å². The van der Waals surface area contributed by atoms with Crippen molar-refractivity contribution in [2.24, 2.45) is 5.41 Å². The highest BCUT2D eigenvalue weighted by Gasteiger charge is 2.19. The molecule has 4 nitrogen and oxygen atoms in total. The number of rotatable bonds is 4. The number of hydrogen-bond donors (Lipinski definition) is 1. The third kappa shape index (κ3) is 4.26. The third-order valence-electron chi connectivity index (χ3n) is 2.23. The second kappa shape index (κ2) is 5.59. The van der Waals surface area contributed by atoms with Crippen LogP contribution in [0.25, 0.3) is 0 Å². The van der Waals surface area contributed by atoms with Crippen molar-refractivity contribution in [2.45, 2.75) is 25.7 Å². The predicted octanol–water partition coefficient (Wildman–Crippen LogP) is 2.78. The van der Waals surface area contributed by atoms with E-state index >= 15 is 0 Å². The van der Waals surface area contributed by atoms with Gasteiger partial charge in [-0.15, -0.1) is 0 Å². The minimum Gasteiger partial charge on any atom is -0.496 e. The fraction of sp³-hybridized carbons (Fsp3) is 0.500. The van der Waals surface area contributed by atoms with Crippen molar-refractivity contribution in [2.75, 3.05) is 13.7 Å². The molecule has 0 saturated heterocycles. The maximum atomic E-state index is 12.1. The second-order valence-corrected chi connectivity index (χ2v) is 7.80. The Kier molecular flexibility index (Phi) is 4.80. The highest BCUT2D eigenvalue weighted by molar-refractivity contribution is 9.10. The number of nitrogens with one attached hydrogen (secondary N) is 1. The van der Waals surface area contributed by atoms with Crippen LogP contribution in [0.15, 0.2) is 27.6 Å². The van der Waals surface area contributed by atoms with Gasteiger partial charge in [-0.1, -0.05) is 20.8 Å². The van der Waals surface area contributed by atoms with Gasteiger partial charge in [-0.25, -0.2) is 13.1 Å². The van der Waals surface area contributed by atoms with Gasteiger partial charge < -0.3 is 4.74 Å². The third-order valence-corrected chi connectivity index (χ3v) is 4.24. The fourth-order valence-electron chi connectivity index (χ4n) is 1.21. The molecule has 0 bridgehead atoms. The summed E-state index contributed by atoms with van der Waals surface area (Å²) in [5.74, 6) is 0.602. The minimum atomic E-state index is -3.48. The number of ether oxygens (including phenoxy) is 1. The Labute approximate surface area is 117 Å². The zero-order chi connectivity index (χ0) is 14.0. The lowest BCUT2D eigenvalue weighted by molar-refractivity contribution is 0.407. The highest BCUT2D eigenvalue weighted by atomic mass is 79.9. The van der Waals surface area contributed by atoms with Crippen LogP contribution in [-0.2, 0) is 10.0 Å². The van der Waals surface area contributed by atoms with E-state index in [1.807, 2.05) is 20.8 Å². The summed E-state index contributed by atoms with van der Waals surface area (Å²) in [6, 6.07) is 4.67. The lowest BCUT2D eigenvalue weighted by atomic mass is 9.98. The summed E-state index contributed by atoms with van der Waals surface area (Å²) in [5, 5.41) is 0. The van der Waals surface area contributed by atoms with Crippen molar-refractivity contribution in [3.63, 3.8) is 0 Å². The smallest absolute Gasteiger partial charge is 0.240 e. The molecule has 0 radical (unpaired) electrons. The summed E-state index contributed by atoms with van der Waals surface area (Å²) in [4.78, 5) is 0.222. The summed E-state index contributed by atoms with van der Waals surface area (Å²) < 4.78 is 32.4. The SMILES string of the molecule is COc1ccc(S(=O)(=O)NCC(C)(C)C)cc1Br. The molecular formula is C12H18BrNO3S. The van der Waals surface area contributed by atoms with Crippen LogP contribution < -0.4 is 9.46 Å². The molecule has 1 aromatic carbocycles. The maximum Gasteiger partial charge on any atom is 0.240 e. The molecule has 6 heteroatoms. The number of hydrogen-bond acceptors (Lipinski definition) is 3. The predicted molar refractivity (Wildman–Crippen MR) is 75.3 cm³/mol. The van der Waals surface area contributed by atoms with Crippen LogP contribution in [0, 0.1) is 5.41 Å². The first-order valence-electron chi connectivity index (χ1n) is 5.49. The van der Waals surface area contributed by atoms with Crippen molar-refractivity contribution in [3.05, 3.63) is 22.7 Å². The van der Waals surface area contributed by atoms with Gasteiger partial charge in [-0.3, -0.25) is 0 Å². The number of sulfonamides is 1. The molecule has 0 spiro atoms. The second-order valence-electron chi connectivity index (χ2n) is 5.18. The summed E-state index contributed by atoms with van der Waals surface area (Å²) in [7, 11) is -1.94. The van der Waals surface area contributed by atoms with Crippen LogP contribution >= 0.6 is 15.9 Å². The Balaban J connectivity index is 2.96. The quantitative estimate of drug-likeness (QED) is 0.920. The molecule has 18 heavy (non-hydrogen) atoms. The summed E-state index contributed by atoms with van der Waals surface area (Å²) in [5.41, 5.74) is -0.100. The lowest BCUT2D eigenvalue weighted by Crippen LogP contribution is -2.32. The van der Waals surface area contributed by atoms with E-state index in [9.17, 15) is 8.42 Å². The van der Waals surface area contributed by atoms with Crippen LogP contribution in [0.5, 0.6) is 5.75 Å². The van der Waals surface area contributed by atoms with Gasteiger partial charge in [0, 0.05) is 6.54 Å². The van der Waals surface area contributed by atoms with E-state index < -0.39 is 10.0 Å². The van der Waals surface area contributed by atoms with E-state index in [1.165, 1.54) is 19.2 Å². The van der Waals surface area contributed by atoms with Gasteiger partial charge in [0.15, 0.2) is 0 Å². The van der Waals surface area contributed by atoms with E-state index in [0.717, 1.165) is 0 Å². The number of methoxy groups -OCH3 is 1. The Morgan fingerprint density at radius 3 is 2.39 bits per heavy atom.